The highest BCUT2D eigenvalue weighted by molar-refractivity contribution is 5.24. The molecule has 1 N–H and O–H groups in total. The Labute approximate surface area is 116 Å². The van der Waals surface area contributed by atoms with Gasteiger partial charge in [-0.2, -0.15) is 0 Å². The molecule has 0 spiro atoms. The second-order valence-corrected chi connectivity index (χ2v) is 6.49. The minimum absolute atomic E-state index is 0.233. The third kappa shape index (κ3) is 2.56. The van der Waals surface area contributed by atoms with Crippen LogP contribution >= 0.6 is 0 Å². The Hall–Kier alpha value is -1.07. The van der Waals surface area contributed by atoms with Crippen LogP contribution < -0.4 is 0 Å². The van der Waals surface area contributed by atoms with Crippen molar-refractivity contribution in [1.29, 1.82) is 0 Å². The molecule has 1 fully saturated rings. The van der Waals surface area contributed by atoms with Gasteiger partial charge in [0, 0.05) is 11.5 Å². The summed E-state index contributed by atoms with van der Waals surface area (Å²) in [6.45, 7) is 7.35. The summed E-state index contributed by atoms with van der Waals surface area (Å²) in [6, 6.07) is 1.91. The van der Waals surface area contributed by atoms with Crippen LogP contribution in [0.1, 0.15) is 45.8 Å². The molecule has 1 saturated heterocycles. The first kappa shape index (κ1) is 15.3. The van der Waals surface area contributed by atoms with E-state index in [9.17, 15) is 18.3 Å². The summed E-state index contributed by atoms with van der Waals surface area (Å²) >= 11 is 0. The predicted octanol–water partition coefficient (Wildman–Crippen LogP) is 3.73. The summed E-state index contributed by atoms with van der Waals surface area (Å²) in [6.07, 6.45) is -0.749. The topological polar surface area (TPSA) is 29.5 Å². The SMILES string of the molecule is CC1(C)CC(C(O)c2ccc(F)c(F)c2F)C(C)(C)O1. The van der Waals surface area contributed by atoms with Crippen molar-refractivity contribution >= 4 is 0 Å². The van der Waals surface area contributed by atoms with Crippen LogP contribution in [0.4, 0.5) is 13.2 Å². The number of ether oxygens (including phenoxy) is 1. The fraction of sp³-hybridized carbons (Fsp3) is 0.600. The monoisotopic (exact) mass is 288 g/mol. The van der Waals surface area contributed by atoms with E-state index < -0.39 is 40.7 Å². The van der Waals surface area contributed by atoms with Gasteiger partial charge in [0.05, 0.1) is 17.3 Å². The molecule has 1 aliphatic rings. The first-order valence-electron chi connectivity index (χ1n) is 6.57. The van der Waals surface area contributed by atoms with Crippen molar-refractivity contribution in [3.63, 3.8) is 0 Å². The lowest BCUT2D eigenvalue weighted by atomic mass is 9.80. The zero-order valence-corrected chi connectivity index (χ0v) is 12.0. The quantitative estimate of drug-likeness (QED) is 0.840. The smallest absolute Gasteiger partial charge is 0.194 e. The van der Waals surface area contributed by atoms with E-state index in [-0.39, 0.29) is 5.56 Å². The highest BCUT2D eigenvalue weighted by Crippen LogP contribution is 2.48. The molecule has 0 saturated carbocycles. The maximum atomic E-state index is 13.8. The van der Waals surface area contributed by atoms with Gasteiger partial charge in [-0.15, -0.1) is 0 Å². The number of aliphatic hydroxyl groups is 1. The third-order valence-electron chi connectivity index (χ3n) is 3.91. The van der Waals surface area contributed by atoms with Crippen molar-refractivity contribution < 1.29 is 23.0 Å². The van der Waals surface area contributed by atoms with Crippen LogP contribution in [0.5, 0.6) is 0 Å². The van der Waals surface area contributed by atoms with E-state index in [1.54, 1.807) is 13.8 Å². The van der Waals surface area contributed by atoms with Gasteiger partial charge in [-0.3, -0.25) is 0 Å². The summed E-state index contributed by atoms with van der Waals surface area (Å²) in [5.74, 6) is -4.56. The molecular formula is C15H19F3O2. The van der Waals surface area contributed by atoms with Crippen LogP contribution in [0, 0.1) is 23.4 Å². The molecule has 5 heteroatoms. The molecule has 1 aromatic rings. The Bertz CT molecular complexity index is 526. The van der Waals surface area contributed by atoms with Crippen molar-refractivity contribution in [2.45, 2.75) is 51.4 Å². The molecule has 2 atom stereocenters. The second-order valence-electron chi connectivity index (χ2n) is 6.49. The average molecular weight is 288 g/mol. The van der Waals surface area contributed by atoms with Crippen molar-refractivity contribution in [3.05, 3.63) is 35.1 Å². The van der Waals surface area contributed by atoms with Gasteiger partial charge in [-0.05, 0) is 40.2 Å². The zero-order valence-electron chi connectivity index (χ0n) is 12.0. The molecule has 2 rings (SSSR count). The number of halogens is 3. The van der Waals surface area contributed by atoms with Crippen LogP contribution in [0.15, 0.2) is 12.1 Å². The van der Waals surface area contributed by atoms with Crippen LogP contribution in [-0.2, 0) is 4.74 Å². The Morgan fingerprint density at radius 3 is 2.25 bits per heavy atom. The van der Waals surface area contributed by atoms with Gasteiger partial charge in [0.2, 0.25) is 0 Å². The van der Waals surface area contributed by atoms with Gasteiger partial charge in [-0.25, -0.2) is 13.2 Å². The molecule has 1 heterocycles. The lowest BCUT2D eigenvalue weighted by Crippen LogP contribution is -2.33. The van der Waals surface area contributed by atoms with Gasteiger partial charge < -0.3 is 9.84 Å². The van der Waals surface area contributed by atoms with Crippen LogP contribution in [0.2, 0.25) is 0 Å². The van der Waals surface area contributed by atoms with Gasteiger partial charge >= 0.3 is 0 Å². The van der Waals surface area contributed by atoms with Crippen molar-refractivity contribution in [2.24, 2.45) is 5.92 Å². The lowest BCUT2D eigenvalue weighted by molar-refractivity contribution is -0.0883. The zero-order chi connectivity index (χ0) is 15.3. The number of hydrogen-bond donors (Lipinski definition) is 1. The van der Waals surface area contributed by atoms with Crippen molar-refractivity contribution in [1.82, 2.24) is 0 Å². The van der Waals surface area contributed by atoms with E-state index in [1.165, 1.54) is 0 Å². The first-order chi connectivity index (χ1) is 9.05. The van der Waals surface area contributed by atoms with Gasteiger partial charge in [0.1, 0.15) is 0 Å². The number of aliphatic hydroxyl groups excluding tert-OH is 1. The highest BCUT2D eigenvalue weighted by Gasteiger charge is 2.49. The minimum Gasteiger partial charge on any atom is -0.388 e. The molecule has 2 nitrogen and oxygen atoms in total. The summed E-state index contributed by atoms with van der Waals surface area (Å²) in [5, 5.41) is 10.4. The van der Waals surface area contributed by atoms with Gasteiger partial charge in [0.25, 0.3) is 0 Å². The molecule has 0 aliphatic carbocycles. The fourth-order valence-corrected chi connectivity index (χ4v) is 3.08. The summed E-state index contributed by atoms with van der Waals surface area (Å²) in [7, 11) is 0. The maximum absolute atomic E-state index is 13.8. The second kappa shape index (κ2) is 4.74. The molecule has 1 aromatic carbocycles. The largest absolute Gasteiger partial charge is 0.388 e. The molecule has 112 valence electrons. The van der Waals surface area contributed by atoms with E-state index in [0.717, 1.165) is 12.1 Å². The van der Waals surface area contributed by atoms with E-state index in [1.807, 2.05) is 13.8 Å². The summed E-state index contributed by atoms with van der Waals surface area (Å²) in [5.41, 5.74) is -1.37. The molecule has 2 unspecified atom stereocenters. The Morgan fingerprint density at radius 2 is 1.75 bits per heavy atom. The molecular weight excluding hydrogens is 269 g/mol. The predicted molar refractivity (Wildman–Crippen MR) is 68.6 cm³/mol. The Morgan fingerprint density at radius 1 is 1.15 bits per heavy atom. The van der Waals surface area contributed by atoms with E-state index >= 15 is 0 Å². The number of benzene rings is 1. The summed E-state index contributed by atoms with van der Waals surface area (Å²) < 4.78 is 45.9. The highest BCUT2D eigenvalue weighted by atomic mass is 19.2. The molecule has 0 aromatic heterocycles. The van der Waals surface area contributed by atoms with Crippen molar-refractivity contribution in [3.8, 4) is 0 Å². The summed E-state index contributed by atoms with van der Waals surface area (Å²) in [4.78, 5) is 0. The normalized spacial score (nSPS) is 25.7. The van der Waals surface area contributed by atoms with Crippen molar-refractivity contribution in [2.75, 3.05) is 0 Å². The molecule has 1 aliphatic heterocycles. The first-order valence-corrected chi connectivity index (χ1v) is 6.57. The van der Waals surface area contributed by atoms with Crippen LogP contribution in [-0.4, -0.2) is 16.3 Å². The molecule has 20 heavy (non-hydrogen) atoms. The van der Waals surface area contributed by atoms with E-state index in [0.29, 0.717) is 6.42 Å². The number of rotatable bonds is 2. The molecule has 0 bridgehead atoms. The Balaban J connectivity index is 2.37. The molecule has 0 radical (unpaired) electrons. The van der Waals surface area contributed by atoms with Crippen LogP contribution in [0.25, 0.3) is 0 Å². The Kier molecular flexibility index (Phi) is 3.63. The van der Waals surface area contributed by atoms with Gasteiger partial charge in [-0.1, -0.05) is 6.07 Å². The standard InChI is InChI=1S/C15H19F3O2/c1-14(2)7-9(15(3,4)20-14)13(19)8-5-6-10(16)12(18)11(8)17/h5-6,9,13,19H,7H2,1-4H3. The van der Waals surface area contributed by atoms with E-state index in [4.69, 9.17) is 4.74 Å². The number of hydrogen-bond acceptors (Lipinski definition) is 2. The minimum atomic E-state index is -1.56. The third-order valence-corrected chi connectivity index (χ3v) is 3.91. The fourth-order valence-electron chi connectivity index (χ4n) is 3.08. The maximum Gasteiger partial charge on any atom is 0.194 e. The average Bonchev–Trinajstić information content (AvgIpc) is 2.54. The van der Waals surface area contributed by atoms with Gasteiger partial charge in [0.15, 0.2) is 17.5 Å². The van der Waals surface area contributed by atoms with E-state index in [2.05, 4.69) is 0 Å². The molecule has 0 amide bonds. The lowest BCUT2D eigenvalue weighted by Gasteiger charge is -2.30. The van der Waals surface area contributed by atoms with Crippen LogP contribution in [0.3, 0.4) is 0 Å².